The van der Waals surface area contributed by atoms with E-state index in [0.717, 1.165) is 12.1 Å². The molecule has 0 saturated carbocycles. The Bertz CT molecular complexity index is 1040. The second-order valence-corrected chi connectivity index (χ2v) is 7.74. The molecule has 33 heavy (non-hydrogen) atoms. The first-order chi connectivity index (χ1) is 15.4. The number of ether oxygens (including phenoxy) is 1. The lowest BCUT2D eigenvalue weighted by Gasteiger charge is -2.23. The third-order valence-corrected chi connectivity index (χ3v) is 5.36. The number of nitrogens with zero attached hydrogens (tertiary/aromatic N) is 1. The van der Waals surface area contributed by atoms with Gasteiger partial charge in [0.05, 0.1) is 23.6 Å². The van der Waals surface area contributed by atoms with E-state index in [1.807, 2.05) is 0 Å². The van der Waals surface area contributed by atoms with E-state index in [9.17, 15) is 31.1 Å². The SMILES string of the molecule is N#Cc1ccc(C2C[C@@H](COc3ccc(CC(N)=O)cc3)N[C@H]2C(F)(F)F)cc1C(F)(F)F. The van der Waals surface area contributed by atoms with E-state index < -0.39 is 47.4 Å². The maximum absolute atomic E-state index is 13.6. The van der Waals surface area contributed by atoms with Gasteiger partial charge < -0.3 is 10.5 Å². The van der Waals surface area contributed by atoms with Crippen LogP contribution in [0.3, 0.4) is 0 Å². The highest BCUT2D eigenvalue weighted by Crippen LogP contribution is 2.42. The zero-order valence-corrected chi connectivity index (χ0v) is 17.0. The highest BCUT2D eigenvalue weighted by atomic mass is 19.4. The van der Waals surface area contributed by atoms with Crippen molar-refractivity contribution in [3.05, 3.63) is 64.7 Å². The number of rotatable bonds is 6. The number of benzene rings is 2. The van der Waals surface area contributed by atoms with Crippen LogP contribution in [0.5, 0.6) is 5.75 Å². The Morgan fingerprint density at radius 1 is 1.12 bits per heavy atom. The summed E-state index contributed by atoms with van der Waals surface area (Å²) in [6.45, 7) is -0.152. The smallest absolute Gasteiger partial charge is 0.417 e. The number of carbonyl (C=O) groups is 1. The van der Waals surface area contributed by atoms with Gasteiger partial charge in [0.15, 0.2) is 0 Å². The molecule has 3 rings (SSSR count). The van der Waals surface area contributed by atoms with E-state index in [4.69, 9.17) is 15.7 Å². The molecule has 11 heteroatoms. The summed E-state index contributed by atoms with van der Waals surface area (Å²) in [5.41, 5.74) is 3.68. The van der Waals surface area contributed by atoms with Crippen LogP contribution in [-0.2, 0) is 17.4 Å². The summed E-state index contributed by atoms with van der Waals surface area (Å²) in [6, 6.07) is 7.48. The summed E-state index contributed by atoms with van der Waals surface area (Å²) in [6.07, 6.45) is -9.66. The Balaban J connectivity index is 1.77. The van der Waals surface area contributed by atoms with Crippen LogP contribution in [0.4, 0.5) is 26.3 Å². The molecular formula is C22H19F6N3O2. The third-order valence-electron chi connectivity index (χ3n) is 5.36. The molecule has 0 spiro atoms. The van der Waals surface area contributed by atoms with Crippen molar-refractivity contribution in [2.45, 2.75) is 43.2 Å². The van der Waals surface area contributed by atoms with Crippen LogP contribution in [-0.4, -0.2) is 30.8 Å². The fourth-order valence-electron chi connectivity index (χ4n) is 3.87. The zero-order chi connectivity index (χ0) is 24.4. The van der Waals surface area contributed by atoms with E-state index in [2.05, 4.69) is 5.32 Å². The maximum Gasteiger partial charge on any atom is 0.417 e. The highest BCUT2D eigenvalue weighted by molar-refractivity contribution is 5.76. The molecule has 1 fully saturated rings. The van der Waals surface area contributed by atoms with Crippen LogP contribution in [0.1, 0.15) is 34.6 Å². The van der Waals surface area contributed by atoms with Gasteiger partial charge in [0.1, 0.15) is 18.4 Å². The molecule has 5 nitrogen and oxygen atoms in total. The summed E-state index contributed by atoms with van der Waals surface area (Å²) in [7, 11) is 0. The van der Waals surface area contributed by atoms with Crippen molar-refractivity contribution in [1.29, 1.82) is 5.26 Å². The standard InChI is InChI=1S/C22H19F6N3O2/c23-21(24,25)18-8-13(3-4-14(18)10-29)17-9-15(31-20(17)22(26,27)28)11-33-16-5-1-12(2-6-16)7-19(30)32/h1-6,8,15,17,20,31H,7,9,11H2,(H2,30,32)/t15-,17?,20+/m0/s1. The quantitative estimate of drug-likeness (QED) is 0.622. The predicted molar refractivity (Wildman–Crippen MR) is 105 cm³/mol. The molecule has 176 valence electrons. The van der Waals surface area contributed by atoms with E-state index in [1.165, 1.54) is 6.07 Å². The molecule has 1 unspecified atom stereocenters. The minimum Gasteiger partial charge on any atom is -0.492 e. The van der Waals surface area contributed by atoms with Crippen LogP contribution < -0.4 is 15.8 Å². The van der Waals surface area contributed by atoms with Crippen LogP contribution in [0.25, 0.3) is 0 Å². The molecule has 2 aromatic rings. The van der Waals surface area contributed by atoms with E-state index in [1.54, 1.807) is 24.3 Å². The fraction of sp³-hybridized carbons (Fsp3) is 0.364. The molecule has 3 atom stereocenters. The van der Waals surface area contributed by atoms with Gasteiger partial charge in [-0.3, -0.25) is 10.1 Å². The summed E-state index contributed by atoms with van der Waals surface area (Å²) < 4.78 is 86.3. The van der Waals surface area contributed by atoms with Crippen molar-refractivity contribution in [3.63, 3.8) is 0 Å². The molecule has 0 aliphatic carbocycles. The molecule has 1 saturated heterocycles. The molecule has 3 N–H and O–H groups in total. The van der Waals surface area contributed by atoms with Gasteiger partial charge in [-0.1, -0.05) is 18.2 Å². The van der Waals surface area contributed by atoms with Gasteiger partial charge in [-0.2, -0.15) is 31.6 Å². The van der Waals surface area contributed by atoms with Crippen LogP contribution >= 0.6 is 0 Å². The van der Waals surface area contributed by atoms with Crippen molar-refractivity contribution < 1.29 is 35.9 Å². The summed E-state index contributed by atoms with van der Waals surface area (Å²) in [5.74, 6) is -1.44. The molecule has 1 aliphatic heterocycles. The minimum atomic E-state index is -4.87. The number of alkyl halides is 6. The lowest BCUT2D eigenvalue weighted by Crippen LogP contribution is -2.44. The van der Waals surface area contributed by atoms with E-state index in [0.29, 0.717) is 17.4 Å². The first kappa shape index (κ1) is 24.4. The number of nitrogens with two attached hydrogens (primary N) is 1. The lowest BCUT2D eigenvalue weighted by molar-refractivity contribution is -0.156. The number of primary amides is 1. The number of carbonyl (C=O) groups excluding carboxylic acids is 1. The summed E-state index contributed by atoms with van der Waals surface area (Å²) >= 11 is 0. The number of hydrogen-bond donors (Lipinski definition) is 2. The Morgan fingerprint density at radius 3 is 2.33 bits per heavy atom. The molecule has 2 aromatic carbocycles. The average molecular weight is 471 g/mol. The number of nitrogens with one attached hydrogen (secondary N) is 1. The lowest BCUT2D eigenvalue weighted by atomic mass is 9.88. The molecule has 0 bridgehead atoms. The molecule has 1 heterocycles. The van der Waals surface area contributed by atoms with Gasteiger partial charge >= 0.3 is 12.4 Å². The van der Waals surface area contributed by atoms with Crippen LogP contribution in [0, 0.1) is 11.3 Å². The normalized spacial score (nSPS) is 20.9. The van der Waals surface area contributed by atoms with Gasteiger partial charge in [-0.15, -0.1) is 0 Å². The summed E-state index contributed by atoms with van der Waals surface area (Å²) in [4.78, 5) is 10.9. The van der Waals surface area contributed by atoms with Crippen molar-refractivity contribution in [1.82, 2.24) is 5.32 Å². The van der Waals surface area contributed by atoms with Crippen molar-refractivity contribution in [2.24, 2.45) is 5.73 Å². The second-order valence-electron chi connectivity index (χ2n) is 7.74. The van der Waals surface area contributed by atoms with Gasteiger partial charge in [0.2, 0.25) is 5.91 Å². The maximum atomic E-state index is 13.6. The minimum absolute atomic E-state index is 0.0317. The number of hydrogen-bond acceptors (Lipinski definition) is 4. The van der Waals surface area contributed by atoms with Gasteiger partial charge in [-0.25, -0.2) is 0 Å². The number of nitriles is 1. The molecule has 0 aromatic heterocycles. The van der Waals surface area contributed by atoms with Crippen LogP contribution in [0.2, 0.25) is 0 Å². The van der Waals surface area contributed by atoms with Gasteiger partial charge in [0.25, 0.3) is 0 Å². The van der Waals surface area contributed by atoms with Gasteiger partial charge in [0, 0.05) is 12.0 Å². The molecular weight excluding hydrogens is 452 g/mol. The number of halogens is 6. The fourth-order valence-corrected chi connectivity index (χ4v) is 3.87. The Labute approximate surface area is 185 Å². The summed E-state index contributed by atoms with van der Waals surface area (Å²) in [5, 5.41) is 11.3. The molecule has 1 aliphatic rings. The van der Waals surface area contributed by atoms with Crippen molar-refractivity contribution in [3.8, 4) is 11.8 Å². The monoisotopic (exact) mass is 471 g/mol. The second kappa shape index (κ2) is 9.31. The predicted octanol–water partition coefficient (Wildman–Crippen LogP) is 4.06. The Kier molecular flexibility index (Phi) is 6.88. The zero-order valence-electron chi connectivity index (χ0n) is 17.0. The number of amides is 1. The first-order valence-electron chi connectivity index (χ1n) is 9.82. The van der Waals surface area contributed by atoms with E-state index in [-0.39, 0.29) is 25.0 Å². The Hall–Kier alpha value is -3.26. The van der Waals surface area contributed by atoms with Crippen LogP contribution in [0.15, 0.2) is 42.5 Å². The van der Waals surface area contributed by atoms with Crippen molar-refractivity contribution in [2.75, 3.05) is 6.61 Å². The van der Waals surface area contributed by atoms with Gasteiger partial charge in [-0.05, 0) is 41.8 Å². The third kappa shape index (κ3) is 5.96. The van der Waals surface area contributed by atoms with E-state index >= 15 is 0 Å². The van der Waals surface area contributed by atoms with Crippen molar-refractivity contribution >= 4 is 5.91 Å². The molecule has 1 amide bonds. The first-order valence-corrected chi connectivity index (χ1v) is 9.82. The molecule has 0 radical (unpaired) electrons. The highest BCUT2D eigenvalue weighted by Gasteiger charge is 2.51. The largest absolute Gasteiger partial charge is 0.492 e. The Morgan fingerprint density at radius 2 is 1.79 bits per heavy atom. The topological polar surface area (TPSA) is 88.1 Å². The average Bonchev–Trinajstić information content (AvgIpc) is 3.17.